The van der Waals surface area contributed by atoms with E-state index in [9.17, 15) is 8.42 Å². The zero-order valence-corrected chi connectivity index (χ0v) is 16.0. The molecule has 2 N–H and O–H groups in total. The molecule has 136 valence electrons. The van der Waals surface area contributed by atoms with Crippen molar-refractivity contribution in [3.8, 4) is 11.3 Å². The largest absolute Gasteiger partial charge is 0.344 e. The molecule has 1 saturated heterocycles. The lowest BCUT2D eigenvalue weighted by Gasteiger charge is -2.22. The molecule has 8 heteroatoms. The first-order chi connectivity index (χ1) is 12.5. The normalized spacial score (nSPS) is 16.2. The molecule has 1 aliphatic heterocycles. The predicted octanol–water partition coefficient (Wildman–Crippen LogP) is 3.11. The third-order valence-electron chi connectivity index (χ3n) is 4.53. The van der Waals surface area contributed by atoms with Crippen LogP contribution >= 0.6 is 11.8 Å². The molecular formula is C18H20N4O2S2. The number of rotatable bonds is 4. The van der Waals surface area contributed by atoms with Gasteiger partial charge in [-0.05, 0) is 55.5 Å². The summed E-state index contributed by atoms with van der Waals surface area (Å²) in [5.41, 5.74) is 3.48. The Morgan fingerprint density at radius 3 is 2.73 bits per heavy atom. The molecule has 0 atom stereocenters. The Hall–Kier alpha value is -1.90. The van der Waals surface area contributed by atoms with E-state index in [1.165, 1.54) is 6.20 Å². The van der Waals surface area contributed by atoms with E-state index in [4.69, 9.17) is 0 Å². The Labute approximate surface area is 156 Å². The van der Waals surface area contributed by atoms with Gasteiger partial charge in [-0.15, -0.1) is 0 Å². The van der Waals surface area contributed by atoms with Gasteiger partial charge in [0.25, 0.3) is 0 Å². The van der Waals surface area contributed by atoms with Crippen LogP contribution in [0.4, 0.5) is 0 Å². The van der Waals surface area contributed by atoms with Gasteiger partial charge in [0, 0.05) is 35.1 Å². The van der Waals surface area contributed by atoms with Crippen molar-refractivity contribution in [1.29, 1.82) is 0 Å². The van der Waals surface area contributed by atoms with E-state index in [1.807, 2.05) is 30.8 Å². The molecule has 6 nitrogen and oxygen atoms in total. The second kappa shape index (κ2) is 7.02. The minimum absolute atomic E-state index is 0.0172. The van der Waals surface area contributed by atoms with Crippen LogP contribution in [0.1, 0.15) is 18.5 Å². The molecule has 1 aliphatic rings. The van der Waals surface area contributed by atoms with Crippen LogP contribution in [-0.4, -0.2) is 40.9 Å². The van der Waals surface area contributed by atoms with Crippen LogP contribution < -0.4 is 4.72 Å². The SMILES string of the molecule is Cc1cc2c(-c3ccc(S(=O)(=O)NC4CCSCC4)cn3)ccnc2[nH]1. The maximum atomic E-state index is 12.6. The highest BCUT2D eigenvalue weighted by Gasteiger charge is 2.22. The number of fused-ring (bicyclic) bond motifs is 1. The number of aromatic nitrogens is 3. The zero-order valence-electron chi connectivity index (χ0n) is 14.4. The van der Waals surface area contributed by atoms with Crippen molar-refractivity contribution in [2.45, 2.75) is 30.7 Å². The molecule has 0 aliphatic carbocycles. The molecule has 1 fully saturated rings. The summed E-state index contributed by atoms with van der Waals surface area (Å²) in [5, 5.41) is 0.978. The van der Waals surface area contributed by atoms with Crippen molar-refractivity contribution in [3.63, 3.8) is 0 Å². The highest BCUT2D eigenvalue weighted by Crippen LogP contribution is 2.27. The van der Waals surface area contributed by atoms with Crippen LogP contribution in [0.25, 0.3) is 22.3 Å². The molecule has 0 bridgehead atoms. The Morgan fingerprint density at radius 1 is 1.19 bits per heavy atom. The molecule has 4 rings (SSSR count). The Morgan fingerprint density at radius 2 is 2.00 bits per heavy atom. The average molecular weight is 389 g/mol. The van der Waals surface area contributed by atoms with E-state index < -0.39 is 10.0 Å². The predicted molar refractivity (Wildman–Crippen MR) is 105 cm³/mol. The summed E-state index contributed by atoms with van der Waals surface area (Å²) in [4.78, 5) is 12.1. The van der Waals surface area contributed by atoms with Crippen molar-refractivity contribution in [2.24, 2.45) is 0 Å². The van der Waals surface area contributed by atoms with Gasteiger partial charge in [0.15, 0.2) is 0 Å². The summed E-state index contributed by atoms with van der Waals surface area (Å²) in [6.45, 7) is 1.98. The fourth-order valence-electron chi connectivity index (χ4n) is 3.18. The van der Waals surface area contributed by atoms with E-state index in [0.29, 0.717) is 0 Å². The van der Waals surface area contributed by atoms with Crippen LogP contribution in [0, 0.1) is 6.92 Å². The zero-order chi connectivity index (χ0) is 18.1. The third kappa shape index (κ3) is 3.49. The summed E-state index contributed by atoms with van der Waals surface area (Å²) in [5.74, 6) is 2.00. The van der Waals surface area contributed by atoms with Crippen LogP contribution in [0.2, 0.25) is 0 Å². The molecule has 0 radical (unpaired) electrons. The highest BCUT2D eigenvalue weighted by atomic mass is 32.2. The molecule has 3 aromatic rings. The maximum absolute atomic E-state index is 12.6. The van der Waals surface area contributed by atoms with Crippen molar-refractivity contribution < 1.29 is 8.42 Å². The Bertz CT molecular complexity index is 1020. The first-order valence-electron chi connectivity index (χ1n) is 8.54. The van der Waals surface area contributed by atoms with Crippen LogP contribution in [0.5, 0.6) is 0 Å². The lowest BCUT2D eigenvalue weighted by atomic mass is 10.1. The lowest BCUT2D eigenvalue weighted by molar-refractivity contribution is 0.528. The van der Waals surface area contributed by atoms with E-state index in [0.717, 1.165) is 52.3 Å². The van der Waals surface area contributed by atoms with Crippen LogP contribution in [-0.2, 0) is 10.0 Å². The topological polar surface area (TPSA) is 87.7 Å². The lowest BCUT2D eigenvalue weighted by Crippen LogP contribution is -2.37. The Kier molecular flexibility index (Phi) is 4.73. The number of nitrogens with zero attached hydrogens (tertiary/aromatic N) is 2. The molecule has 26 heavy (non-hydrogen) atoms. The summed E-state index contributed by atoms with van der Waals surface area (Å²) in [6, 6.07) is 7.30. The molecule has 0 aromatic carbocycles. The van der Waals surface area contributed by atoms with Crippen molar-refractivity contribution >= 4 is 32.8 Å². The van der Waals surface area contributed by atoms with Crippen molar-refractivity contribution in [2.75, 3.05) is 11.5 Å². The monoisotopic (exact) mass is 388 g/mol. The minimum atomic E-state index is -3.54. The first-order valence-corrected chi connectivity index (χ1v) is 11.2. The van der Waals surface area contributed by atoms with Gasteiger partial charge in [-0.3, -0.25) is 4.98 Å². The van der Waals surface area contributed by atoms with Gasteiger partial charge in [0.1, 0.15) is 10.5 Å². The first kappa shape index (κ1) is 17.5. The second-order valence-electron chi connectivity index (χ2n) is 6.46. The third-order valence-corrected chi connectivity index (χ3v) is 7.09. The maximum Gasteiger partial charge on any atom is 0.242 e. The second-order valence-corrected chi connectivity index (χ2v) is 9.40. The number of H-pyrrole nitrogens is 1. The van der Waals surface area contributed by atoms with Crippen molar-refractivity contribution in [1.82, 2.24) is 19.7 Å². The summed E-state index contributed by atoms with van der Waals surface area (Å²) in [7, 11) is -3.54. The van der Waals surface area contributed by atoms with E-state index in [1.54, 1.807) is 18.3 Å². The molecule has 4 heterocycles. The number of pyridine rings is 2. The quantitative estimate of drug-likeness (QED) is 0.717. The van der Waals surface area contributed by atoms with Gasteiger partial charge >= 0.3 is 0 Å². The molecular weight excluding hydrogens is 368 g/mol. The number of hydrogen-bond acceptors (Lipinski definition) is 5. The van der Waals surface area contributed by atoms with Gasteiger partial charge in [-0.2, -0.15) is 11.8 Å². The van der Waals surface area contributed by atoms with Crippen LogP contribution in [0.15, 0.2) is 41.6 Å². The van der Waals surface area contributed by atoms with Gasteiger partial charge < -0.3 is 4.98 Å². The number of hydrogen-bond donors (Lipinski definition) is 2. The van der Waals surface area contributed by atoms with Crippen LogP contribution in [0.3, 0.4) is 0 Å². The number of aryl methyl sites for hydroxylation is 1. The van der Waals surface area contributed by atoms with Gasteiger partial charge in [0.2, 0.25) is 10.0 Å². The summed E-state index contributed by atoms with van der Waals surface area (Å²) >= 11 is 1.87. The van der Waals surface area contributed by atoms with E-state index >= 15 is 0 Å². The summed E-state index contributed by atoms with van der Waals surface area (Å²) < 4.78 is 28.0. The number of sulfonamides is 1. The van der Waals surface area contributed by atoms with Crippen molar-refractivity contribution in [3.05, 3.63) is 42.4 Å². The fraction of sp³-hybridized carbons (Fsp3) is 0.333. The smallest absolute Gasteiger partial charge is 0.242 e. The molecule has 0 unspecified atom stereocenters. The minimum Gasteiger partial charge on any atom is -0.344 e. The van der Waals surface area contributed by atoms with Gasteiger partial charge in [0.05, 0.1) is 5.69 Å². The molecule has 3 aromatic heterocycles. The van der Waals surface area contributed by atoms with E-state index in [-0.39, 0.29) is 10.9 Å². The Balaban J connectivity index is 1.61. The molecule has 0 spiro atoms. The molecule has 0 saturated carbocycles. The van der Waals surface area contributed by atoms with Gasteiger partial charge in [-0.1, -0.05) is 0 Å². The molecule has 0 amide bonds. The standard InChI is InChI=1S/C18H20N4O2S2/c1-12-10-16-15(4-7-19-18(16)21-12)17-3-2-14(11-20-17)26(23,24)22-13-5-8-25-9-6-13/h2-4,7,10-11,13,22H,5-6,8-9H2,1H3,(H,19,21). The van der Waals surface area contributed by atoms with Gasteiger partial charge in [-0.25, -0.2) is 18.1 Å². The number of aromatic amines is 1. The summed E-state index contributed by atoms with van der Waals surface area (Å²) in [6.07, 6.45) is 4.90. The fourth-order valence-corrected chi connectivity index (χ4v) is 5.54. The highest BCUT2D eigenvalue weighted by molar-refractivity contribution is 7.99. The number of nitrogens with one attached hydrogen (secondary N) is 2. The average Bonchev–Trinajstić information content (AvgIpc) is 3.02. The number of thioether (sulfide) groups is 1. The van der Waals surface area contributed by atoms with E-state index in [2.05, 4.69) is 19.7 Å².